The first kappa shape index (κ1) is 13.6. The number of carbonyl (C=O) groups is 1. The summed E-state index contributed by atoms with van der Waals surface area (Å²) in [7, 11) is 0. The first-order valence-electron chi connectivity index (χ1n) is 5.69. The number of rotatable bonds is 4. The summed E-state index contributed by atoms with van der Waals surface area (Å²) in [6.45, 7) is 5.67. The van der Waals surface area contributed by atoms with E-state index in [0.717, 1.165) is 0 Å². The number of aliphatic hydroxyl groups is 1. The van der Waals surface area contributed by atoms with Crippen molar-refractivity contribution in [1.82, 2.24) is 4.90 Å². The molecule has 3 nitrogen and oxygen atoms in total. The summed E-state index contributed by atoms with van der Waals surface area (Å²) in [5, 5.41) is 9.08. The molecule has 1 atom stereocenters. The normalized spacial score (nSPS) is 12.3. The van der Waals surface area contributed by atoms with Gasteiger partial charge in [-0.05, 0) is 44.5 Å². The third-order valence-corrected chi connectivity index (χ3v) is 2.80. The van der Waals surface area contributed by atoms with Crippen LogP contribution in [0.1, 0.15) is 29.8 Å². The van der Waals surface area contributed by atoms with Crippen molar-refractivity contribution in [2.24, 2.45) is 0 Å². The Bertz CT molecular complexity index is 406. The van der Waals surface area contributed by atoms with E-state index in [9.17, 15) is 9.18 Å². The van der Waals surface area contributed by atoms with Crippen LogP contribution in [0.25, 0.3) is 0 Å². The second-order valence-corrected chi connectivity index (χ2v) is 4.09. The van der Waals surface area contributed by atoms with E-state index in [1.54, 1.807) is 18.7 Å². The van der Waals surface area contributed by atoms with E-state index in [2.05, 4.69) is 0 Å². The monoisotopic (exact) mass is 239 g/mol. The predicted octanol–water partition coefficient (Wildman–Crippen LogP) is 1.98. The highest BCUT2D eigenvalue weighted by Crippen LogP contribution is 2.13. The Labute approximate surface area is 101 Å². The Morgan fingerprint density at radius 3 is 2.65 bits per heavy atom. The molecule has 0 heterocycles. The van der Waals surface area contributed by atoms with Crippen LogP contribution in [-0.2, 0) is 0 Å². The molecule has 0 radical (unpaired) electrons. The van der Waals surface area contributed by atoms with Crippen LogP contribution in [0.3, 0.4) is 0 Å². The van der Waals surface area contributed by atoms with E-state index < -0.39 is 0 Å². The Morgan fingerprint density at radius 1 is 1.53 bits per heavy atom. The van der Waals surface area contributed by atoms with Crippen molar-refractivity contribution < 1.29 is 14.3 Å². The molecule has 0 spiro atoms. The maximum absolute atomic E-state index is 13.1. The molecule has 1 aromatic carbocycles. The van der Waals surface area contributed by atoms with Gasteiger partial charge in [-0.15, -0.1) is 0 Å². The lowest BCUT2D eigenvalue weighted by molar-refractivity contribution is 0.0632. The highest BCUT2D eigenvalue weighted by atomic mass is 19.1. The van der Waals surface area contributed by atoms with Gasteiger partial charge in [0.15, 0.2) is 0 Å². The quantitative estimate of drug-likeness (QED) is 0.872. The summed E-state index contributed by atoms with van der Waals surface area (Å²) in [4.78, 5) is 13.7. The number of aryl methyl sites for hydroxylation is 1. The number of amides is 1. The van der Waals surface area contributed by atoms with Crippen molar-refractivity contribution in [2.45, 2.75) is 26.8 Å². The zero-order chi connectivity index (χ0) is 13.0. The van der Waals surface area contributed by atoms with E-state index in [1.807, 2.05) is 6.92 Å². The van der Waals surface area contributed by atoms with Gasteiger partial charge in [0.2, 0.25) is 0 Å². The zero-order valence-electron chi connectivity index (χ0n) is 10.4. The van der Waals surface area contributed by atoms with E-state index in [4.69, 9.17) is 5.11 Å². The van der Waals surface area contributed by atoms with Gasteiger partial charge in [0.25, 0.3) is 5.91 Å². The number of hydrogen-bond acceptors (Lipinski definition) is 2. The average molecular weight is 239 g/mol. The molecule has 17 heavy (non-hydrogen) atoms. The van der Waals surface area contributed by atoms with Gasteiger partial charge in [-0.1, -0.05) is 0 Å². The molecule has 0 aromatic heterocycles. The number of nitrogens with zero attached hydrogens (tertiary/aromatic N) is 1. The van der Waals surface area contributed by atoms with E-state index in [-0.39, 0.29) is 24.4 Å². The zero-order valence-corrected chi connectivity index (χ0v) is 10.4. The largest absolute Gasteiger partial charge is 0.394 e. The molecule has 0 aliphatic carbocycles. The van der Waals surface area contributed by atoms with Gasteiger partial charge in [-0.2, -0.15) is 0 Å². The third-order valence-electron chi connectivity index (χ3n) is 2.80. The number of halogens is 1. The Kier molecular flexibility index (Phi) is 4.63. The molecule has 1 amide bonds. The summed E-state index contributed by atoms with van der Waals surface area (Å²) < 4.78 is 13.1. The van der Waals surface area contributed by atoms with Crippen LogP contribution in [0.4, 0.5) is 4.39 Å². The lowest BCUT2D eigenvalue weighted by atomic mass is 10.1. The lowest BCUT2D eigenvalue weighted by Crippen LogP contribution is -2.40. The smallest absolute Gasteiger partial charge is 0.254 e. The Morgan fingerprint density at radius 2 is 2.18 bits per heavy atom. The second kappa shape index (κ2) is 5.77. The molecule has 0 saturated heterocycles. The van der Waals surface area contributed by atoms with Gasteiger partial charge in [-0.25, -0.2) is 4.39 Å². The van der Waals surface area contributed by atoms with Crippen LogP contribution < -0.4 is 0 Å². The van der Waals surface area contributed by atoms with Crippen LogP contribution in [0.15, 0.2) is 18.2 Å². The molecule has 1 rings (SSSR count). The highest BCUT2D eigenvalue weighted by Gasteiger charge is 2.19. The first-order valence-corrected chi connectivity index (χ1v) is 5.69. The average Bonchev–Trinajstić information content (AvgIpc) is 2.33. The van der Waals surface area contributed by atoms with E-state index in [1.165, 1.54) is 18.2 Å². The van der Waals surface area contributed by atoms with Crippen LogP contribution in [-0.4, -0.2) is 35.1 Å². The molecule has 4 heteroatoms. The minimum absolute atomic E-state index is 0.0836. The summed E-state index contributed by atoms with van der Waals surface area (Å²) in [5.41, 5.74) is 0.898. The summed E-state index contributed by atoms with van der Waals surface area (Å²) in [6, 6.07) is 4.06. The molecule has 0 bridgehead atoms. The van der Waals surface area contributed by atoms with Crippen LogP contribution >= 0.6 is 0 Å². The van der Waals surface area contributed by atoms with E-state index in [0.29, 0.717) is 17.7 Å². The minimum Gasteiger partial charge on any atom is -0.394 e. The minimum atomic E-state index is -0.320. The fraction of sp³-hybridized carbons (Fsp3) is 0.462. The van der Waals surface area contributed by atoms with Gasteiger partial charge in [0.1, 0.15) is 5.82 Å². The number of likely N-dealkylation sites (N-methyl/N-ethyl adjacent to an activating group) is 1. The third kappa shape index (κ3) is 3.03. The number of aliphatic hydroxyl groups excluding tert-OH is 1. The molecular weight excluding hydrogens is 221 g/mol. The van der Waals surface area contributed by atoms with Gasteiger partial charge < -0.3 is 10.0 Å². The van der Waals surface area contributed by atoms with Crippen LogP contribution in [0, 0.1) is 12.7 Å². The molecule has 94 valence electrons. The summed E-state index contributed by atoms with van der Waals surface area (Å²) in [6.07, 6.45) is 0. The highest BCUT2D eigenvalue weighted by molar-refractivity contribution is 5.94. The maximum atomic E-state index is 13.1. The van der Waals surface area contributed by atoms with Crippen molar-refractivity contribution in [3.05, 3.63) is 35.1 Å². The van der Waals surface area contributed by atoms with Gasteiger partial charge >= 0.3 is 0 Å². The maximum Gasteiger partial charge on any atom is 0.254 e. The van der Waals surface area contributed by atoms with Crippen molar-refractivity contribution in [3.8, 4) is 0 Å². The van der Waals surface area contributed by atoms with E-state index >= 15 is 0 Å². The number of carbonyl (C=O) groups excluding carboxylic acids is 1. The first-order chi connectivity index (χ1) is 8.01. The van der Waals surface area contributed by atoms with Gasteiger partial charge in [0.05, 0.1) is 12.6 Å². The fourth-order valence-electron chi connectivity index (χ4n) is 1.70. The standard InChI is InChI=1S/C13H18FNO2/c1-4-15(10(3)8-16)13(17)11-5-6-12(14)9(2)7-11/h5-7,10,16H,4,8H2,1-3H3/t10-/m0/s1. The van der Waals surface area contributed by atoms with Crippen molar-refractivity contribution >= 4 is 5.91 Å². The summed E-state index contributed by atoms with van der Waals surface area (Å²) in [5.74, 6) is -0.503. The summed E-state index contributed by atoms with van der Waals surface area (Å²) >= 11 is 0. The second-order valence-electron chi connectivity index (χ2n) is 4.09. The Balaban J connectivity index is 2.98. The van der Waals surface area contributed by atoms with Crippen molar-refractivity contribution in [1.29, 1.82) is 0 Å². The molecule has 0 unspecified atom stereocenters. The van der Waals surface area contributed by atoms with Crippen molar-refractivity contribution in [2.75, 3.05) is 13.2 Å². The van der Waals surface area contributed by atoms with Gasteiger partial charge in [0, 0.05) is 12.1 Å². The molecular formula is C13H18FNO2. The van der Waals surface area contributed by atoms with Crippen LogP contribution in [0.5, 0.6) is 0 Å². The molecule has 0 aliphatic heterocycles. The van der Waals surface area contributed by atoms with Gasteiger partial charge in [-0.3, -0.25) is 4.79 Å². The number of benzene rings is 1. The molecule has 1 aromatic rings. The van der Waals surface area contributed by atoms with Crippen molar-refractivity contribution in [3.63, 3.8) is 0 Å². The SMILES string of the molecule is CCN(C(=O)c1ccc(F)c(C)c1)[C@@H](C)CO. The molecule has 1 N–H and O–H groups in total. The number of hydrogen-bond donors (Lipinski definition) is 1. The van der Waals surface area contributed by atoms with Crippen LogP contribution in [0.2, 0.25) is 0 Å². The topological polar surface area (TPSA) is 40.5 Å². The predicted molar refractivity (Wildman–Crippen MR) is 64.4 cm³/mol. The lowest BCUT2D eigenvalue weighted by Gasteiger charge is -2.26. The molecule has 0 fully saturated rings. The Hall–Kier alpha value is -1.42. The molecule has 0 aliphatic rings. The molecule has 0 saturated carbocycles. The fourth-order valence-corrected chi connectivity index (χ4v) is 1.70.